The molecule has 1 aliphatic rings. The van der Waals surface area contributed by atoms with Gasteiger partial charge in [-0.3, -0.25) is 0 Å². The summed E-state index contributed by atoms with van der Waals surface area (Å²) in [4.78, 5) is 0. The van der Waals surface area contributed by atoms with Crippen molar-refractivity contribution in [1.29, 1.82) is 0 Å². The number of rotatable bonds is 2. The van der Waals surface area contributed by atoms with Crippen molar-refractivity contribution in [2.45, 2.75) is 24.9 Å². The minimum absolute atomic E-state index is 0.0924. The molecule has 76 valence electrons. The molecule has 1 heterocycles. The van der Waals surface area contributed by atoms with Crippen molar-refractivity contribution >= 4 is 11.6 Å². The van der Waals surface area contributed by atoms with Crippen molar-refractivity contribution in [3.63, 3.8) is 0 Å². The summed E-state index contributed by atoms with van der Waals surface area (Å²) in [5.74, 6) is 0. The summed E-state index contributed by atoms with van der Waals surface area (Å²) in [6.45, 7) is 1.09. The van der Waals surface area contributed by atoms with E-state index in [1.165, 1.54) is 12.8 Å². The molecule has 0 radical (unpaired) electrons. The number of hydrogen-bond acceptors (Lipinski definition) is 2. The average molecular weight is 211 g/mol. The molecule has 0 aromatic heterocycles. The van der Waals surface area contributed by atoms with E-state index in [2.05, 4.69) is 5.32 Å². The molecule has 14 heavy (non-hydrogen) atoms. The third-order valence-electron chi connectivity index (χ3n) is 2.79. The third-order valence-corrected chi connectivity index (χ3v) is 3.04. The molecular weight excluding hydrogens is 196 g/mol. The van der Waals surface area contributed by atoms with E-state index in [1.807, 2.05) is 24.3 Å². The Labute approximate surface area is 89.4 Å². The second-order valence-corrected chi connectivity index (χ2v) is 4.22. The number of hydrogen-bond donors (Lipinski definition) is 2. The Bertz CT molecular complexity index is 291. The fraction of sp³-hybridized carbons (Fsp3) is 0.455. The molecule has 3 heteroatoms. The molecule has 1 fully saturated rings. The van der Waals surface area contributed by atoms with Gasteiger partial charge in [-0.25, -0.2) is 0 Å². The molecule has 0 aliphatic carbocycles. The lowest BCUT2D eigenvalue weighted by atomic mass is 9.99. The van der Waals surface area contributed by atoms with E-state index in [1.54, 1.807) is 0 Å². The second kappa shape index (κ2) is 4.30. The normalized spacial score (nSPS) is 23.7. The van der Waals surface area contributed by atoms with Crippen LogP contribution in [-0.4, -0.2) is 12.6 Å². The molecule has 0 bridgehead atoms. The summed E-state index contributed by atoms with van der Waals surface area (Å²) < 4.78 is 0. The van der Waals surface area contributed by atoms with Crippen molar-refractivity contribution in [2.24, 2.45) is 5.73 Å². The number of nitrogens with one attached hydrogen (secondary N) is 1. The summed E-state index contributed by atoms with van der Waals surface area (Å²) >= 11 is 5.82. The van der Waals surface area contributed by atoms with Crippen LogP contribution in [0.4, 0.5) is 0 Å². The van der Waals surface area contributed by atoms with Crippen LogP contribution in [0, 0.1) is 0 Å². The molecule has 3 N–H and O–H groups in total. The number of nitrogens with two attached hydrogens (primary N) is 1. The maximum Gasteiger partial charge on any atom is 0.0450 e. The molecule has 2 atom stereocenters. The Hall–Kier alpha value is -0.570. The average Bonchev–Trinajstić information content (AvgIpc) is 2.71. The third kappa shape index (κ3) is 2.08. The maximum absolute atomic E-state index is 6.14. The van der Waals surface area contributed by atoms with Crippen LogP contribution in [0.1, 0.15) is 24.4 Å². The molecule has 0 saturated carbocycles. The molecule has 1 aromatic carbocycles. The fourth-order valence-corrected chi connectivity index (χ4v) is 2.06. The van der Waals surface area contributed by atoms with Gasteiger partial charge in [-0.15, -0.1) is 0 Å². The van der Waals surface area contributed by atoms with Crippen LogP contribution in [0.5, 0.6) is 0 Å². The Morgan fingerprint density at radius 3 is 2.64 bits per heavy atom. The molecule has 0 spiro atoms. The van der Waals surface area contributed by atoms with Crippen molar-refractivity contribution in [1.82, 2.24) is 5.32 Å². The van der Waals surface area contributed by atoms with E-state index in [9.17, 15) is 0 Å². The molecule has 2 rings (SSSR count). The summed E-state index contributed by atoms with van der Waals surface area (Å²) in [5.41, 5.74) is 7.31. The van der Waals surface area contributed by atoms with Crippen LogP contribution < -0.4 is 11.1 Å². The van der Waals surface area contributed by atoms with Gasteiger partial charge in [0.2, 0.25) is 0 Å². The quantitative estimate of drug-likeness (QED) is 0.785. The first-order chi connectivity index (χ1) is 6.77. The molecular formula is C11H15ClN2. The van der Waals surface area contributed by atoms with Gasteiger partial charge in [0.25, 0.3) is 0 Å². The van der Waals surface area contributed by atoms with Crippen molar-refractivity contribution in [3.8, 4) is 0 Å². The summed E-state index contributed by atoms with van der Waals surface area (Å²) in [6.07, 6.45) is 2.40. The van der Waals surface area contributed by atoms with Gasteiger partial charge < -0.3 is 11.1 Å². The minimum atomic E-state index is 0.0924. The van der Waals surface area contributed by atoms with Gasteiger partial charge in [0.15, 0.2) is 0 Å². The van der Waals surface area contributed by atoms with Crippen LogP contribution in [-0.2, 0) is 0 Å². The first kappa shape index (κ1) is 9.97. The van der Waals surface area contributed by atoms with E-state index in [4.69, 9.17) is 17.3 Å². The first-order valence-electron chi connectivity index (χ1n) is 5.02. The van der Waals surface area contributed by atoms with Gasteiger partial charge in [0.05, 0.1) is 0 Å². The van der Waals surface area contributed by atoms with E-state index >= 15 is 0 Å². The van der Waals surface area contributed by atoms with E-state index in [-0.39, 0.29) is 6.04 Å². The number of benzene rings is 1. The highest BCUT2D eigenvalue weighted by atomic mass is 35.5. The summed E-state index contributed by atoms with van der Waals surface area (Å²) in [6, 6.07) is 8.32. The van der Waals surface area contributed by atoms with Crippen LogP contribution in [0.3, 0.4) is 0 Å². The molecule has 0 amide bonds. The molecule has 1 aromatic rings. The van der Waals surface area contributed by atoms with Gasteiger partial charge in [-0.05, 0) is 37.1 Å². The lowest BCUT2D eigenvalue weighted by molar-refractivity contribution is 0.501. The smallest absolute Gasteiger partial charge is 0.0450 e. The predicted octanol–water partition coefficient (Wildman–Crippen LogP) is 2.09. The Morgan fingerprint density at radius 2 is 2.07 bits per heavy atom. The SMILES string of the molecule is NC(c1ccc(Cl)cc1)C1CCCN1. The summed E-state index contributed by atoms with van der Waals surface area (Å²) in [7, 11) is 0. The van der Waals surface area contributed by atoms with Crippen LogP contribution in [0.25, 0.3) is 0 Å². The fourth-order valence-electron chi connectivity index (χ4n) is 1.94. The summed E-state index contributed by atoms with van der Waals surface area (Å²) in [5, 5.41) is 4.18. The van der Waals surface area contributed by atoms with E-state index in [0.717, 1.165) is 17.1 Å². The largest absolute Gasteiger partial charge is 0.323 e. The zero-order valence-corrected chi connectivity index (χ0v) is 8.80. The van der Waals surface area contributed by atoms with Crippen molar-refractivity contribution < 1.29 is 0 Å². The van der Waals surface area contributed by atoms with Gasteiger partial charge in [-0.1, -0.05) is 23.7 Å². The van der Waals surface area contributed by atoms with E-state index < -0.39 is 0 Å². The minimum Gasteiger partial charge on any atom is -0.323 e. The highest BCUT2D eigenvalue weighted by Crippen LogP contribution is 2.21. The first-order valence-corrected chi connectivity index (χ1v) is 5.39. The van der Waals surface area contributed by atoms with Crippen molar-refractivity contribution in [2.75, 3.05) is 6.54 Å². The van der Waals surface area contributed by atoms with E-state index in [0.29, 0.717) is 6.04 Å². The van der Waals surface area contributed by atoms with Gasteiger partial charge in [-0.2, -0.15) is 0 Å². The zero-order valence-electron chi connectivity index (χ0n) is 8.04. The lowest BCUT2D eigenvalue weighted by Crippen LogP contribution is -2.34. The number of halogens is 1. The van der Waals surface area contributed by atoms with Gasteiger partial charge >= 0.3 is 0 Å². The van der Waals surface area contributed by atoms with Crippen LogP contribution >= 0.6 is 11.6 Å². The lowest BCUT2D eigenvalue weighted by Gasteiger charge is -2.19. The van der Waals surface area contributed by atoms with Crippen molar-refractivity contribution in [3.05, 3.63) is 34.9 Å². The van der Waals surface area contributed by atoms with Crippen LogP contribution in [0.15, 0.2) is 24.3 Å². The highest BCUT2D eigenvalue weighted by molar-refractivity contribution is 6.30. The molecule has 2 nitrogen and oxygen atoms in total. The maximum atomic E-state index is 6.14. The van der Waals surface area contributed by atoms with Gasteiger partial charge in [0.1, 0.15) is 0 Å². The monoisotopic (exact) mass is 210 g/mol. The Balaban J connectivity index is 2.09. The second-order valence-electron chi connectivity index (χ2n) is 3.78. The highest BCUT2D eigenvalue weighted by Gasteiger charge is 2.22. The molecule has 1 saturated heterocycles. The standard InChI is InChI=1S/C11H15ClN2/c12-9-5-3-8(4-6-9)11(13)10-2-1-7-14-10/h3-6,10-11,14H,1-2,7,13H2. The van der Waals surface area contributed by atoms with Crippen LogP contribution in [0.2, 0.25) is 5.02 Å². The zero-order chi connectivity index (χ0) is 9.97. The van der Waals surface area contributed by atoms with Gasteiger partial charge in [0, 0.05) is 17.1 Å². The topological polar surface area (TPSA) is 38.0 Å². The molecule has 2 unspecified atom stereocenters. The Morgan fingerprint density at radius 1 is 1.36 bits per heavy atom. The molecule has 1 aliphatic heterocycles. The predicted molar refractivity (Wildman–Crippen MR) is 59.4 cm³/mol. The Kier molecular flexibility index (Phi) is 3.06.